The van der Waals surface area contributed by atoms with Crippen molar-refractivity contribution in [2.75, 3.05) is 71.5 Å². The van der Waals surface area contributed by atoms with Gasteiger partial charge < -0.3 is 25.0 Å². The monoisotopic (exact) mass is 452 g/mol. The molecule has 1 saturated heterocycles. The summed E-state index contributed by atoms with van der Waals surface area (Å²) < 4.78 is 11.0. The molecule has 0 bridgehead atoms. The molecule has 2 aromatic rings. The van der Waals surface area contributed by atoms with Crippen LogP contribution in [0.5, 0.6) is 0 Å². The van der Waals surface area contributed by atoms with Gasteiger partial charge in [-0.25, -0.2) is 0 Å². The molecule has 0 spiro atoms. The van der Waals surface area contributed by atoms with E-state index in [2.05, 4.69) is 67.8 Å². The third-order valence-corrected chi connectivity index (χ3v) is 5.59. The number of nitrogens with one attached hydrogen (secondary N) is 2. The second-order valence-corrected chi connectivity index (χ2v) is 7.78. The summed E-state index contributed by atoms with van der Waals surface area (Å²) >= 11 is 0. The molecule has 8 heteroatoms. The molecule has 1 aromatic heterocycles. The SMILES string of the molecule is CCNCC(CNC/C(=N/C)c1nccnc1/C=C/c1ccc(N2CCOCC2)cc1)OC. The van der Waals surface area contributed by atoms with E-state index in [9.17, 15) is 0 Å². The fourth-order valence-corrected chi connectivity index (χ4v) is 3.65. The molecule has 178 valence electrons. The van der Waals surface area contributed by atoms with E-state index in [1.165, 1.54) is 5.69 Å². The van der Waals surface area contributed by atoms with E-state index >= 15 is 0 Å². The molecule has 1 unspecified atom stereocenters. The van der Waals surface area contributed by atoms with E-state index in [1.807, 2.05) is 6.08 Å². The van der Waals surface area contributed by atoms with Gasteiger partial charge in [-0.2, -0.15) is 0 Å². The molecular formula is C25H36N6O2. The number of benzene rings is 1. The van der Waals surface area contributed by atoms with Crippen LogP contribution in [-0.4, -0.2) is 88.4 Å². The second kappa shape index (κ2) is 13.8. The lowest BCUT2D eigenvalue weighted by Gasteiger charge is -2.28. The molecule has 2 heterocycles. The van der Waals surface area contributed by atoms with Crippen molar-refractivity contribution in [2.24, 2.45) is 4.99 Å². The first kappa shape index (κ1) is 25.0. The molecule has 3 rings (SSSR count). The van der Waals surface area contributed by atoms with Gasteiger partial charge in [0.05, 0.1) is 30.7 Å². The van der Waals surface area contributed by atoms with E-state index < -0.39 is 0 Å². The molecule has 0 amide bonds. The number of aliphatic imine (C=N–C) groups is 1. The first-order valence-electron chi connectivity index (χ1n) is 11.6. The molecule has 0 radical (unpaired) electrons. The number of nitrogens with zero attached hydrogens (tertiary/aromatic N) is 4. The number of aromatic nitrogens is 2. The van der Waals surface area contributed by atoms with Crippen molar-refractivity contribution in [1.82, 2.24) is 20.6 Å². The predicted molar refractivity (Wildman–Crippen MR) is 135 cm³/mol. The van der Waals surface area contributed by atoms with Crippen LogP contribution >= 0.6 is 0 Å². The first-order chi connectivity index (χ1) is 16.2. The van der Waals surface area contributed by atoms with Crippen molar-refractivity contribution in [3.63, 3.8) is 0 Å². The molecule has 1 aliphatic rings. The highest BCUT2D eigenvalue weighted by molar-refractivity contribution is 6.03. The Morgan fingerprint density at radius 2 is 1.85 bits per heavy atom. The number of methoxy groups -OCH3 is 1. The molecule has 0 saturated carbocycles. The van der Waals surface area contributed by atoms with Gasteiger partial charge in [0.15, 0.2) is 0 Å². The summed E-state index contributed by atoms with van der Waals surface area (Å²) in [6.45, 7) is 8.58. The van der Waals surface area contributed by atoms with Gasteiger partial charge in [0.25, 0.3) is 0 Å². The number of morpholine rings is 1. The zero-order valence-electron chi connectivity index (χ0n) is 20.0. The third-order valence-electron chi connectivity index (χ3n) is 5.59. The molecule has 1 aromatic carbocycles. The Labute approximate surface area is 197 Å². The van der Waals surface area contributed by atoms with Gasteiger partial charge in [-0.05, 0) is 30.3 Å². The molecule has 1 aliphatic heterocycles. The van der Waals surface area contributed by atoms with Gasteiger partial charge in [-0.15, -0.1) is 0 Å². The summed E-state index contributed by atoms with van der Waals surface area (Å²) in [5.74, 6) is 0. The zero-order valence-corrected chi connectivity index (χ0v) is 20.0. The van der Waals surface area contributed by atoms with Gasteiger partial charge in [0, 0.05) is 65.0 Å². The van der Waals surface area contributed by atoms with E-state index in [0.29, 0.717) is 6.54 Å². The number of likely N-dealkylation sites (N-methyl/N-ethyl adjacent to an activating group) is 1. The Balaban J connectivity index is 1.63. The molecule has 1 atom stereocenters. The van der Waals surface area contributed by atoms with E-state index in [4.69, 9.17) is 9.47 Å². The van der Waals surface area contributed by atoms with Crippen LogP contribution in [0.15, 0.2) is 41.7 Å². The van der Waals surface area contributed by atoms with Gasteiger partial charge >= 0.3 is 0 Å². The Morgan fingerprint density at radius 3 is 2.55 bits per heavy atom. The van der Waals surface area contributed by atoms with E-state index in [-0.39, 0.29) is 6.10 Å². The third kappa shape index (κ3) is 7.71. The Hall–Kier alpha value is -2.65. The second-order valence-electron chi connectivity index (χ2n) is 7.78. The Bertz CT molecular complexity index is 894. The minimum Gasteiger partial charge on any atom is -0.379 e. The standard InChI is InChI=1S/C25H36N6O2/c1-4-27-17-22(32-3)18-28-19-24(26-2)25-23(29-11-12-30-25)10-7-20-5-8-21(9-6-20)31-13-15-33-16-14-31/h5-12,22,27-28H,4,13-19H2,1-3H3/b10-7+,26-24-. The van der Waals surface area contributed by atoms with E-state index in [1.54, 1.807) is 26.6 Å². The molecule has 1 fully saturated rings. The van der Waals surface area contributed by atoms with Crippen LogP contribution in [0.25, 0.3) is 12.2 Å². The van der Waals surface area contributed by atoms with Crippen molar-refractivity contribution in [2.45, 2.75) is 13.0 Å². The average Bonchev–Trinajstić information content (AvgIpc) is 2.88. The van der Waals surface area contributed by atoms with Crippen molar-refractivity contribution < 1.29 is 9.47 Å². The highest BCUT2D eigenvalue weighted by Crippen LogP contribution is 2.18. The highest BCUT2D eigenvalue weighted by Gasteiger charge is 2.13. The van der Waals surface area contributed by atoms with Crippen molar-refractivity contribution in [3.8, 4) is 0 Å². The summed E-state index contributed by atoms with van der Waals surface area (Å²) in [6, 6.07) is 8.57. The minimum absolute atomic E-state index is 0.102. The fourth-order valence-electron chi connectivity index (χ4n) is 3.65. The van der Waals surface area contributed by atoms with Crippen molar-refractivity contribution >= 4 is 23.6 Å². The van der Waals surface area contributed by atoms with Crippen LogP contribution in [0, 0.1) is 0 Å². The topological polar surface area (TPSA) is 83.9 Å². The summed E-state index contributed by atoms with van der Waals surface area (Å²) in [4.78, 5) is 15.9. The summed E-state index contributed by atoms with van der Waals surface area (Å²) in [5.41, 5.74) is 4.79. The number of ether oxygens (including phenoxy) is 2. The molecule has 33 heavy (non-hydrogen) atoms. The maximum atomic E-state index is 5.52. The Morgan fingerprint density at radius 1 is 1.12 bits per heavy atom. The van der Waals surface area contributed by atoms with E-state index in [0.717, 1.165) is 68.6 Å². The quantitative estimate of drug-likeness (QED) is 0.477. The maximum Gasteiger partial charge on any atom is 0.111 e. The van der Waals surface area contributed by atoms with Gasteiger partial charge in [0.2, 0.25) is 0 Å². The molecule has 2 N–H and O–H groups in total. The minimum atomic E-state index is 0.102. The maximum absolute atomic E-state index is 5.52. The van der Waals surface area contributed by atoms with Crippen LogP contribution in [-0.2, 0) is 9.47 Å². The van der Waals surface area contributed by atoms with Gasteiger partial charge in [-0.3, -0.25) is 15.0 Å². The summed E-state index contributed by atoms with van der Waals surface area (Å²) in [5, 5.41) is 6.74. The van der Waals surface area contributed by atoms with Crippen LogP contribution in [0.1, 0.15) is 23.9 Å². The van der Waals surface area contributed by atoms with Crippen LogP contribution in [0.3, 0.4) is 0 Å². The summed E-state index contributed by atoms with van der Waals surface area (Å²) in [6.07, 6.45) is 7.58. The Kier molecular flexibility index (Phi) is 10.4. The molecular weight excluding hydrogens is 416 g/mol. The number of anilines is 1. The van der Waals surface area contributed by atoms with Crippen LogP contribution < -0.4 is 15.5 Å². The number of rotatable bonds is 12. The number of hydrogen-bond acceptors (Lipinski definition) is 8. The lowest BCUT2D eigenvalue weighted by atomic mass is 10.1. The fraction of sp³-hybridized carbons (Fsp3) is 0.480. The molecule has 8 nitrogen and oxygen atoms in total. The summed E-state index contributed by atoms with van der Waals surface area (Å²) in [7, 11) is 3.52. The van der Waals surface area contributed by atoms with Gasteiger partial charge in [0.1, 0.15) is 5.69 Å². The largest absolute Gasteiger partial charge is 0.379 e. The van der Waals surface area contributed by atoms with Gasteiger partial charge in [-0.1, -0.05) is 25.1 Å². The lowest BCUT2D eigenvalue weighted by molar-refractivity contribution is 0.102. The van der Waals surface area contributed by atoms with Crippen LogP contribution in [0.4, 0.5) is 5.69 Å². The molecule has 0 aliphatic carbocycles. The van der Waals surface area contributed by atoms with Crippen LogP contribution in [0.2, 0.25) is 0 Å². The highest BCUT2D eigenvalue weighted by atomic mass is 16.5. The smallest absolute Gasteiger partial charge is 0.111 e. The average molecular weight is 453 g/mol. The number of hydrogen-bond donors (Lipinski definition) is 2. The zero-order chi connectivity index (χ0) is 23.3. The van der Waals surface area contributed by atoms with Crippen molar-refractivity contribution in [3.05, 3.63) is 53.6 Å². The van der Waals surface area contributed by atoms with Crippen molar-refractivity contribution in [1.29, 1.82) is 0 Å². The normalized spacial score (nSPS) is 15.8. The predicted octanol–water partition coefficient (Wildman–Crippen LogP) is 2.12. The first-order valence-corrected chi connectivity index (χ1v) is 11.6. The lowest BCUT2D eigenvalue weighted by Crippen LogP contribution is -2.39.